The molecule has 2 aliphatic rings. The summed E-state index contributed by atoms with van der Waals surface area (Å²) < 4.78 is 2.49. The SMILES string of the molecule is CCCCc1cc(-c2ccccc2)ccc1-c1cc(-c2ccccc2)cc2c1Nc1cc(C(C)(C)C)cc3c1B2c1ccc(-n2c4ccccc4c4ccccc42)cc1N3c1c(-c2ccccc2)cc(-c2ccccc2)cc1-c1ccccc1. The number of fused-ring (bicyclic) bond motifs is 7. The number of aryl methyl sites for hydroxylation is 1. The number of aromatic nitrogens is 1. The van der Waals surface area contributed by atoms with Crippen LogP contribution in [0.5, 0.6) is 0 Å². The van der Waals surface area contributed by atoms with Gasteiger partial charge in [-0.05, 0) is 150 Å². The largest absolute Gasteiger partial charge is 0.356 e. The van der Waals surface area contributed by atoms with Crippen LogP contribution in [0.25, 0.3) is 94.3 Å². The maximum absolute atomic E-state index is 4.34. The molecular weight excluding hydrogens is 1010 g/mol. The summed E-state index contributed by atoms with van der Waals surface area (Å²) in [4.78, 5) is 2.68. The number of unbranched alkanes of at least 4 members (excludes halogenated alkanes) is 1. The molecule has 15 rings (SSSR count). The Hall–Kier alpha value is -9.90. The van der Waals surface area contributed by atoms with Crippen molar-refractivity contribution in [2.75, 3.05) is 10.2 Å². The number of rotatable bonds is 11. The van der Waals surface area contributed by atoms with E-state index >= 15 is 0 Å². The molecule has 0 bridgehead atoms. The van der Waals surface area contributed by atoms with Crippen LogP contribution >= 0.6 is 0 Å². The lowest BCUT2D eigenvalue weighted by molar-refractivity contribution is 0.591. The highest BCUT2D eigenvalue weighted by Gasteiger charge is 2.44. The minimum atomic E-state index is -0.206. The molecule has 2 aliphatic heterocycles. The zero-order valence-electron chi connectivity index (χ0n) is 48.1. The summed E-state index contributed by atoms with van der Waals surface area (Å²) in [5.41, 5.74) is 29.9. The molecule has 402 valence electrons. The Balaban J connectivity index is 1.08. The van der Waals surface area contributed by atoms with Crippen LogP contribution < -0.4 is 26.6 Å². The Bertz CT molecular complexity index is 4520. The third-order valence-corrected chi connectivity index (χ3v) is 17.7. The van der Waals surface area contributed by atoms with Crippen molar-refractivity contribution in [1.82, 2.24) is 4.57 Å². The zero-order valence-corrected chi connectivity index (χ0v) is 48.1. The molecule has 0 radical (unpaired) electrons. The first-order chi connectivity index (χ1) is 41.3. The van der Waals surface area contributed by atoms with E-state index in [4.69, 9.17) is 0 Å². The number of nitrogens with zero attached hydrogens (tertiary/aromatic N) is 2. The van der Waals surface area contributed by atoms with E-state index in [2.05, 4.69) is 315 Å². The fourth-order valence-electron chi connectivity index (χ4n) is 13.6. The summed E-state index contributed by atoms with van der Waals surface area (Å²) in [5.74, 6) is 0. The molecule has 1 aromatic heterocycles. The Morgan fingerprint density at radius 3 is 1.48 bits per heavy atom. The van der Waals surface area contributed by atoms with Gasteiger partial charge >= 0.3 is 0 Å². The van der Waals surface area contributed by atoms with Crippen LogP contribution in [-0.2, 0) is 11.8 Å². The third kappa shape index (κ3) is 8.75. The average molecular weight is 1080 g/mol. The van der Waals surface area contributed by atoms with Gasteiger partial charge in [0.2, 0.25) is 0 Å². The van der Waals surface area contributed by atoms with Crippen molar-refractivity contribution >= 4 is 73.3 Å². The number of para-hydroxylation sites is 2. The van der Waals surface area contributed by atoms with Gasteiger partial charge in [-0.25, -0.2) is 0 Å². The number of nitrogens with one attached hydrogen (secondary N) is 1. The molecule has 4 heteroatoms. The minimum Gasteiger partial charge on any atom is -0.356 e. The van der Waals surface area contributed by atoms with E-state index in [1.54, 1.807) is 0 Å². The lowest BCUT2D eigenvalue weighted by Crippen LogP contribution is -2.60. The highest BCUT2D eigenvalue weighted by atomic mass is 15.2. The van der Waals surface area contributed by atoms with Gasteiger partial charge in [0, 0.05) is 55.9 Å². The van der Waals surface area contributed by atoms with E-state index in [0.717, 1.165) is 64.3 Å². The summed E-state index contributed by atoms with van der Waals surface area (Å²) in [6.07, 6.45) is 3.19. The van der Waals surface area contributed by atoms with Crippen LogP contribution in [-0.4, -0.2) is 11.3 Å². The number of anilines is 5. The van der Waals surface area contributed by atoms with E-state index in [0.29, 0.717) is 0 Å². The highest BCUT2D eigenvalue weighted by Crippen LogP contribution is 2.52. The molecule has 84 heavy (non-hydrogen) atoms. The van der Waals surface area contributed by atoms with Gasteiger partial charge in [-0.2, -0.15) is 0 Å². The Morgan fingerprint density at radius 2 is 0.917 bits per heavy atom. The second kappa shape index (κ2) is 20.8. The highest BCUT2D eigenvalue weighted by molar-refractivity contribution is 7.00. The summed E-state index contributed by atoms with van der Waals surface area (Å²) in [5, 5.41) is 6.82. The van der Waals surface area contributed by atoms with Crippen LogP contribution in [0.1, 0.15) is 51.7 Å². The lowest BCUT2D eigenvalue weighted by Gasteiger charge is -2.43. The predicted octanol–water partition coefficient (Wildman–Crippen LogP) is 19.8. The summed E-state index contributed by atoms with van der Waals surface area (Å²) in [7, 11) is 0. The van der Waals surface area contributed by atoms with Gasteiger partial charge in [0.1, 0.15) is 0 Å². The van der Waals surface area contributed by atoms with Crippen molar-refractivity contribution < 1.29 is 0 Å². The number of hydrogen-bond acceptors (Lipinski definition) is 2. The van der Waals surface area contributed by atoms with Crippen molar-refractivity contribution in [3.05, 3.63) is 284 Å². The average Bonchev–Trinajstić information content (AvgIpc) is 1.39. The molecule has 0 amide bonds. The van der Waals surface area contributed by atoms with Crippen molar-refractivity contribution in [2.24, 2.45) is 0 Å². The summed E-state index contributed by atoms with van der Waals surface area (Å²) in [6, 6.07) is 102. The van der Waals surface area contributed by atoms with Gasteiger partial charge < -0.3 is 14.8 Å². The topological polar surface area (TPSA) is 20.2 Å². The summed E-state index contributed by atoms with van der Waals surface area (Å²) in [6.45, 7) is 9.25. The number of hydrogen-bond donors (Lipinski definition) is 1. The molecule has 13 aromatic rings. The van der Waals surface area contributed by atoms with Gasteiger partial charge in [0.05, 0.1) is 16.7 Å². The Kier molecular flexibility index (Phi) is 12.6. The molecule has 0 fully saturated rings. The molecule has 0 atom stereocenters. The predicted molar refractivity (Wildman–Crippen MR) is 360 cm³/mol. The standard InChI is InChI=1S/C80H64BN3/c1-5-6-26-59-45-58(53-27-12-7-13-28-53)41-43-64(59)69-48-61(55-31-16-9-17-32-55)49-71-78(69)82-72-50-62(80(2,3)4)51-76-77(72)81(71)70-44-42-63(83-73-39-24-22-37-65(73)66-38-23-25-40-74(66)83)52-75(70)84(76)79-67(56-33-18-10-19-34-56)46-60(54-29-14-8-15-30-54)47-68(79)57-35-20-11-21-36-57/h7-25,27-52,82H,5-6,26H2,1-4H3. The van der Waals surface area contributed by atoms with E-state index in [9.17, 15) is 0 Å². The van der Waals surface area contributed by atoms with Crippen LogP contribution in [0.3, 0.4) is 0 Å². The monoisotopic (exact) mass is 1080 g/mol. The van der Waals surface area contributed by atoms with Crippen LogP contribution in [0, 0.1) is 0 Å². The fraction of sp³-hybridized carbons (Fsp3) is 0.100. The van der Waals surface area contributed by atoms with E-state index in [1.165, 1.54) is 105 Å². The first-order valence-electron chi connectivity index (χ1n) is 29.9. The van der Waals surface area contributed by atoms with Crippen molar-refractivity contribution in [1.29, 1.82) is 0 Å². The van der Waals surface area contributed by atoms with Gasteiger partial charge in [-0.1, -0.05) is 253 Å². The lowest BCUT2D eigenvalue weighted by atomic mass is 9.33. The molecule has 3 nitrogen and oxygen atoms in total. The molecule has 12 aromatic carbocycles. The molecule has 0 saturated heterocycles. The molecule has 1 N–H and O–H groups in total. The van der Waals surface area contributed by atoms with Gasteiger partial charge in [0.15, 0.2) is 0 Å². The maximum atomic E-state index is 4.34. The van der Waals surface area contributed by atoms with Crippen LogP contribution in [0.4, 0.5) is 28.4 Å². The smallest absolute Gasteiger partial charge is 0.252 e. The zero-order chi connectivity index (χ0) is 56.5. The maximum Gasteiger partial charge on any atom is 0.252 e. The van der Waals surface area contributed by atoms with Gasteiger partial charge in [-0.15, -0.1) is 0 Å². The molecular formula is C80H64BN3. The molecule has 0 spiro atoms. The van der Waals surface area contributed by atoms with E-state index in [-0.39, 0.29) is 12.1 Å². The quantitative estimate of drug-likeness (QED) is 0.130. The minimum absolute atomic E-state index is 0.146. The Morgan fingerprint density at radius 1 is 0.405 bits per heavy atom. The second-order valence-corrected chi connectivity index (χ2v) is 23.9. The summed E-state index contributed by atoms with van der Waals surface area (Å²) >= 11 is 0. The molecule has 0 unspecified atom stereocenters. The van der Waals surface area contributed by atoms with Crippen LogP contribution in [0.15, 0.2) is 273 Å². The van der Waals surface area contributed by atoms with Crippen molar-refractivity contribution in [3.8, 4) is 72.4 Å². The van der Waals surface area contributed by atoms with E-state index in [1.807, 2.05) is 0 Å². The molecule has 0 saturated carbocycles. The third-order valence-electron chi connectivity index (χ3n) is 17.7. The van der Waals surface area contributed by atoms with Gasteiger partial charge in [-0.3, -0.25) is 0 Å². The van der Waals surface area contributed by atoms with Crippen molar-refractivity contribution in [2.45, 2.75) is 52.4 Å². The molecule has 3 heterocycles. The first-order valence-corrected chi connectivity index (χ1v) is 29.9. The fourth-order valence-corrected chi connectivity index (χ4v) is 13.6. The molecule has 0 aliphatic carbocycles. The first kappa shape index (κ1) is 51.0. The number of benzene rings is 12. The van der Waals surface area contributed by atoms with Crippen molar-refractivity contribution in [3.63, 3.8) is 0 Å². The van der Waals surface area contributed by atoms with Gasteiger partial charge in [0.25, 0.3) is 6.71 Å². The van der Waals surface area contributed by atoms with E-state index < -0.39 is 0 Å². The normalized spacial score (nSPS) is 12.5. The van der Waals surface area contributed by atoms with Crippen LogP contribution in [0.2, 0.25) is 0 Å². The Labute approximate surface area is 494 Å². The second-order valence-electron chi connectivity index (χ2n) is 23.9.